The van der Waals surface area contributed by atoms with E-state index in [0.717, 1.165) is 11.3 Å². The van der Waals surface area contributed by atoms with Gasteiger partial charge in [0.2, 0.25) is 0 Å². The summed E-state index contributed by atoms with van der Waals surface area (Å²) in [4.78, 5) is 11.8. The Labute approximate surface area is 139 Å². The molecule has 0 aliphatic heterocycles. The van der Waals surface area contributed by atoms with Crippen LogP contribution in [0.1, 0.15) is 18.2 Å². The second kappa shape index (κ2) is 7.89. The number of hydrogen-bond acceptors (Lipinski definition) is 4. The van der Waals surface area contributed by atoms with Crippen LogP contribution >= 0.6 is 0 Å². The largest absolute Gasteiger partial charge is 0.394 e. The first-order valence-corrected chi connectivity index (χ1v) is 7.55. The van der Waals surface area contributed by atoms with Crippen molar-refractivity contribution < 1.29 is 19.4 Å². The van der Waals surface area contributed by atoms with Crippen LogP contribution in [-0.2, 0) is 6.54 Å². The molecule has 7 nitrogen and oxygen atoms in total. The third kappa shape index (κ3) is 4.53. The lowest BCUT2D eigenvalue weighted by molar-refractivity contribution is 0.107. The van der Waals surface area contributed by atoms with Crippen LogP contribution in [0.5, 0.6) is 0 Å². The van der Waals surface area contributed by atoms with E-state index in [2.05, 4.69) is 15.7 Å². The smallest absolute Gasteiger partial charge is 0.315 e. The number of carbonyl (C=O) groups excluding carboxylic acids is 1. The van der Waals surface area contributed by atoms with Crippen molar-refractivity contribution in [1.82, 2.24) is 20.4 Å². The normalized spacial score (nSPS) is 13.4. The second-order valence-corrected chi connectivity index (χ2v) is 5.52. The quantitative estimate of drug-likeness (QED) is 0.629. The average Bonchev–Trinajstić information content (AvgIpc) is 2.92. The van der Waals surface area contributed by atoms with Gasteiger partial charge in [-0.2, -0.15) is 5.10 Å². The summed E-state index contributed by atoms with van der Waals surface area (Å²) < 4.78 is 14.6. The number of nitrogens with one attached hydrogen (secondary N) is 2. The average molecular weight is 336 g/mol. The number of aliphatic hydroxyl groups excluding tert-OH is 2. The highest BCUT2D eigenvalue weighted by Crippen LogP contribution is 2.12. The van der Waals surface area contributed by atoms with Gasteiger partial charge < -0.3 is 20.8 Å². The van der Waals surface area contributed by atoms with Crippen molar-refractivity contribution in [1.29, 1.82) is 0 Å². The Hall–Kier alpha value is -2.45. The molecule has 0 fully saturated rings. The summed E-state index contributed by atoms with van der Waals surface area (Å²) in [7, 11) is 0. The molecule has 1 heterocycles. The molecule has 0 bridgehead atoms. The van der Waals surface area contributed by atoms with E-state index in [9.17, 15) is 14.3 Å². The van der Waals surface area contributed by atoms with Gasteiger partial charge in [-0.1, -0.05) is 0 Å². The molecule has 0 saturated carbocycles. The van der Waals surface area contributed by atoms with Crippen molar-refractivity contribution in [3.63, 3.8) is 0 Å². The molecular formula is C16H21FN4O3. The highest BCUT2D eigenvalue weighted by molar-refractivity contribution is 5.74. The molecule has 2 aromatic rings. The van der Waals surface area contributed by atoms with Gasteiger partial charge in [0.1, 0.15) is 5.82 Å². The number of aliphatic hydroxyl groups is 2. The molecule has 0 aliphatic rings. The van der Waals surface area contributed by atoms with E-state index in [1.807, 2.05) is 0 Å². The fraction of sp³-hybridized carbons (Fsp3) is 0.375. The fourth-order valence-corrected chi connectivity index (χ4v) is 2.11. The molecule has 8 heteroatoms. The summed E-state index contributed by atoms with van der Waals surface area (Å²) >= 11 is 0. The molecule has 2 atom stereocenters. The lowest BCUT2D eigenvalue weighted by Crippen LogP contribution is -2.48. The van der Waals surface area contributed by atoms with Crippen LogP contribution in [0.2, 0.25) is 0 Å². The molecule has 0 radical (unpaired) electrons. The van der Waals surface area contributed by atoms with Crippen molar-refractivity contribution >= 4 is 6.03 Å². The van der Waals surface area contributed by atoms with E-state index in [1.54, 1.807) is 29.9 Å². The van der Waals surface area contributed by atoms with Gasteiger partial charge in [-0.05, 0) is 38.1 Å². The molecule has 24 heavy (non-hydrogen) atoms. The number of nitrogens with zero attached hydrogens (tertiary/aromatic N) is 2. The zero-order valence-electron chi connectivity index (χ0n) is 13.5. The number of halogens is 1. The summed E-state index contributed by atoms with van der Waals surface area (Å²) in [6, 6.07) is 4.70. The molecule has 130 valence electrons. The summed E-state index contributed by atoms with van der Waals surface area (Å²) in [6.07, 6.45) is 0.893. The Kier molecular flexibility index (Phi) is 5.88. The van der Waals surface area contributed by atoms with Crippen molar-refractivity contribution in [2.24, 2.45) is 0 Å². The first kappa shape index (κ1) is 17.9. The number of benzene rings is 1. The number of urea groups is 1. The van der Waals surface area contributed by atoms with Gasteiger partial charge in [-0.3, -0.25) is 0 Å². The van der Waals surface area contributed by atoms with Gasteiger partial charge >= 0.3 is 6.03 Å². The number of carbonyl (C=O) groups is 1. The Morgan fingerprint density at radius 1 is 1.38 bits per heavy atom. The van der Waals surface area contributed by atoms with Crippen LogP contribution in [-0.4, -0.2) is 44.8 Å². The summed E-state index contributed by atoms with van der Waals surface area (Å²) in [5.41, 5.74) is 2.24. The van der Waals surface area contributed by atoms with Gasteiger partial charge in [-0.25, -0.2) is 13.9 Å². The highest BCUT2D eigenvalue weighted by atomic mass is 19.1. The van der Waals surface area contributed by atoms with Crippen LogP contribution in [0.3, 0.4) is 0 Å². The van der Waals surface area contributed by atoms with E-state index in [4.69, 9.17) is 5.11 Å². The van der Waals surface area contributed by atoms with Gasteiger partial charge in [0.15, 0.2) is 0 Å². The SMILES string of the molecule is Cc1nn(-c2ccc(F)cc2)cc1CNC(=O)N[C@H](CO)[C@@H](C)O. The Bertz CT molecular complexity index is 685. The zero-order chi connectivity index (χ0) is 17.7. The second-order valence-electron chi connectivity index (χ2n) is 5.52. The minimum Gasteiger partial charge on any atom is -0.394 e. The van der Waals surface area contributed by atoms with E-state index in [-0.39, 0.29) is 19.0 Å². The summed E-state index contributed by atoms with van der Waals surface area (Å²) in [5.74, 6) is -0.322. The first-order valence-electron chi connectivity index (χ1n) is 7.55. The molecule has 0 aliphatic carbocycles. The summed E-state index contributed by atoms with van der Waals surface area (Å²) in [5, 5.41) is 27.9. The maximum atomic E-state index is 13.0. The van der Waals surface area contributed by atoms with Gasteiger partial charge in [0, 0.05) is 18.3 Å². The number of hydrogen-bond donors (Lipinski definition) is 4. The number of aryl methyl sites for hydroxylation is 1. The van der Waals surface area contributed by atoms with E-state index in [1.165, 1.54) is 19.1 Å². The molecule has 0 spiro atoms. The highest BCUT2D eigenvalue weighted by Gasteiger charge is 2.16. The van der Waals surface area contributed by atoms with Gasteiger partial charge in [0.05, 0.1) is 30.1 Å². The first-order chi connectivity index (χ1) is 11.4. The predicted molar refractivity (Wildman–Crippen MR) is 86.2 cm³/mol. The molecular weight excluding hydrogens is 315 g/mol. The molecule has 1 aromatic carbocycles. The van der Waals surface area contributed by atoms with Crippen LogP contribution < -0.4 is 10.6 Å². The summed E-state index contributed by atoms with van der Waals surface area (Å²) in [6.45, 7) is 3.17. The maximum Gasteiger partial charge on any atom is 0.315 e. The lowest BCUT2D eigenvalue weighted by Gasteiger charge is -2.19. The Morgan fingerprint density at radius 2 is 2.04 bits per heavy atom. The number of aromatic nitrogens is 2. The molecule has 0 saturated heterocycles. The molecule has 4 N–H and O–H groups in total. The van der Waals surface area contributed by atoms with Gasteiger partial charge in [0.25, 0.3) is 0 Å². The topological polar surface area (TPSA) is 99.4 Å². The van der Waals surface area contributed by atoms with E-state index < -0.39 is 18.2 Å². The molecule has 1 aromatic heterocycles. The maximum absolute atomic E-state index is 13.0. The molecule has 2 rings (SSSR count). The van der Waals surface area contributed by atoms with Crippen LogP contribution in [0, 0.1) is 12.7 Å². The molecule has 0 unspecified atom stereocenters. The zero-order valence-corrected chi connectivity index (χ0v) is 13.5. The van der Waals surface area contributed by atoms with Crippen molar-refractivity contribution in [3.8, 4) is 5.69 Å². The predicted octanol–water partition coefficient (Wildman–Crippen LogP) is 0.861. The monoisotopic (exact) mass is 336 g/mol. The fourth-order valence-electron chi connectivity index (χ4n) is 2.11. The van der Waals surface area contributed by atoms with Crippen molar-refractivity contribution in [3.05, 3.63) is 47.5 Å². The van der Waals surface area contributed by atoms with E-state index in [0.29, 0.717) is 5.69 Å². The number of rotatable bonds is 6. The Morgan fingerprint density at radius 3 is 2.62 bits per heavy atom. The van der Waals surface area contributed by atoms with Crippen molar-refractivity contribution in [2.75, 3.05) is 6.61 Å². The van der Waals surface area contributed by atoms with Crippen LogP contribution in [0.15, 0.2) is 30.5 Å². The minimum absolute atomic E-state index is 0.233. The lowest BCUT2D eigenvalue weighted by atomic mass is 10.2. The number of amides is 2. The van der Waals surface area contributed by atoms with Crippen LogP contribution in [0.4, 0.5) is 9.18 Å². The minimum atomic E-state index is -0.858. The Balaban J connectivity index is 1.98. The third-order valence-corrected chi connectivity index (χ3v) is 3.63. The van der Waals surface area contributed by atoms with E-state index >= 15 is 0 Å². The standard InChI is InChI=1S/C16H21FN4O3/c1-10-12(7-18-16(24)19-15(9-22)11(2)23)8-21(20-10)14-5-3-13(17)4-6-14/h3-6,8,11,15,22-23H,7,9H2,1-2H3,(H2,18,19,24)/t11-,15-/m1/s1. The van der Waals surface area contributed by atoms with Crippen LogP contribution in [0.25, 0.3) is 5.69 Å². The van der Waals surface area contributed by atoms with Crippen molar-refractivity contribution in [2.45, 2.75) is 32.5 Å². The van der Waals surface area contributed by atoms with Gasteiger partial charge in [-0.15, -0.1) is 0 Å². The molecule has 2 amide bonds. The third-order valence-electron chi connectivity index (χ3n) is 3.63.